The number of ether oxygens (including phenoxy) is 2. The second-order valence-corrected chi connectivity index (χ2v) is 4.71. The van der Waals surface area contributed by atoms with Gasteiger partial charge in [-0.15, -0.1) is 11.3 Å². The summed E-state index contributed by atoms with van der Waals surface area (Å²) in [6.07, 6.45) is 1.52. The van der Waals surface area contributed by atoms with E-state index < -0.39 is 11.6 Å². The minimum atomic E-state index is -1.74. The SMILES string of the molecule is C=C(OCC)c1cnc(C(C)(O)C(=O)OCC)s1. The van der Waals surface area contributed by atoms with Crippen molar-refractivity contribution in [3.05, 3.63) is 22.7 Å². The molecule has 1 rings (SSSR count). The lowest BCUT2D eigenvalue weighted by atomic mass is 10.1. The molecular formula is C12H17NO4S. The van der Waals surface area contributed by atoms with Gasteiger partial charge in [0.2, 0.25) is 5.60 Å². The number of rotatable bonds is 6. The zero-order valence-electron chi connectivity index (χ0n) is 10.7. The fourth-order valence-corrected chi connectivity index (χ4v) is 2.11. The second-order valence-electron chi connectivity index (χ2n) is 3.68. The molecule has 0 aromatic carbocycles. The van der Waals surface area contributed by atoms with Gasteiger partial charge in [-0.3, -0.25) is 0 Å². The Balaban J connectivity index is 2.90. The quantitative estimate of drug-likeness (QED) is 0.632. The minimum Gasteiger partial charge on any atom is -0.493 e. The molecule has 100 valence electrons. The molecule has 0 fully saturated rings. The van der Waals surface area contributed by atoms with Crippen molar-refractivity contribution in [1.82, 2.24) is 4.98 Å². The van der Waals surface area contributed by atoms with Crippen molar-refractivity contribution in [2.75, 3.05) is 13.2 Å². The van der Waals surface area contributed by atoms with Gasteiger partial charge in [-0.25, -0.2) is 9.78 Å². The highest BCUT2D eigenvalue weighted by Crippen LogP contribution is 2.30. The van der Waals surface area contributed by atoms with Gasteiger partial charge in [0, 0.05) is 6.20 Å². The van der Waals surface area contributed by atoms with E-state index in [1.54, 1.807) is 6.92 Å². The molecule has 1 atom stereocenters. The van der Waals surface area contributed by atoms with Crippen LogP contribution in [0.25, 0.3) is 5.76 Å². The summed E-state index contributed by atoms with van der Waals surface area (Å²) >= 11 is 1.16. The van der Waals surface area contributed by atoms with Crippen LogP contribution in [0.4, 0.5) is 0 Å². The summed E-state index contributed by atoms with van der Waals surface area (Å²) in [7, 11) is 0. The normalized spacial score (nSPS) is 13.8. The molecule has 1 heterocycles. The molecule has 1 unspecified atom stereocenters. The number of aromatic nitrogens is 1. The molecule has 0 aliphatic carbocycles. The van der Waals surface area contributed by atoms with Crippen LogP contribution >= 0.6 is 11.3 Å². The van der Waals surface area contributed by atoms with Gasteiger partial charge in [-0.2, -0.15) is 0 Å². The highest BCUT2D eigenvalue weighted by Gasteiger charge is 2.37. The molecule has 5 nitrogen and oxygen atoms in total. The van der Waals surface area contributed by atoms with Gasteiger partial charge >= 0.3 is 5.97 Å². The lowest BCUT2D eigenvalue weighted by Crippen LogP contribution is -2.33. The van der Waals surface area contributed by atoms with Gasteiger partial charge in [0.05, 0.1) is 18.1 Å². The van der Waals surface area contributed by atoms with Crippen LogP contribution in [0.3, 0.4) is 0 Å². The molecule has 0 radical (unpaired) electrons. The number of hydrogen-bond acceptors (Lipinski definition) is 6. The summed E-state index contributed by atoms with van der Waals surface area (Å²) in [6, 6.07) is 0. The Hall–Kier alpha value is -1.40. The van der Waals surface area contributed by atoms with Crippen LogP contribution < -0.4 is 0 Å². The van der Waals surface area contributed by atoms with Crippen molar-refractivity contribution < 1.29 is 19.4 Å². The molecule has 0 saturated heterocycles. The van der Waals surface area contributed by atoms with E-state index in [0.717, 1.165) is 11.3 Å². The lowest BCUT2D eigenvalue weighted by Gasteiger charge is -2.17. The molecule has 1 N–H and O–H groups in total. The van der Waals surface area contributed by atoms with Gasteiger partial charge < -0.3 is 14.6 Å². The zero-order chi connectivity index (χ0) is 13.8. The first-order valence-electron chi connectivity index (χ1n) is 5.61. The van der Waals surface area contributed by atoms with Gasteiger partial charge in [-0.1, -0.05) is 6.58 Å². The number of hydrogen-bond donors (Lipinski definition) is 1. The fraction of sp³-hybridized carbons (Fsp3) is 0.500. The van der Waals surface area contributed by atoms with E-state index in [2.05, 4.69) is 11.6 Å². The highest BCUT2D eigenvalue weighted by atomic mass is 32.1. The summed E-state index contributed by atoms with van der Waals surface area (Å²) in [5.41, 5.74) is -1.74. The topological polar surface area (TPSA) is 68.7 Å². The average Bonchev–Trinajstić information content (AvgIpc) is 2.79. The van der Waals surface area contributed by atoms with Gasteiger partial charge in [0.15, 0.2) is 0 Å². The molecule has 1 aromatic heterocycles. The third-order valence-electron chi connectivity index (χ3n) is 2.19. The van der Waals surface area contributed by atoms with E-state index in [0.29, 0.717) is 17.2 Å². The van der Waals surface area contributed by atoms with Crippen molar-refractivity contribution in [3.63, 3.8) is 0 Å². The van der Waals surface area contributed by atoms with Gasteiger partial charge in [0.1, 0.15) is 10.8 Å². The van der Waals surface area contributed by atoms with E-state index in [9.17, 15) is 9.90 Å². The summed E-state index contributed by atoms with van der Waals surface area (Å²) in [5, 5.41) is 10.4. The predicted octanol–water partition coefficient (Wildman–Crippen LogP) is 1.92. The van der Waals surface area contributed by atoms with E-state index in [1.165, 1.54) is 13.1 Å². The minimum absolute atomic E-state index is 0.207. The first-order valence-corrected chi connectivity index (χ1v) is 6.43. The summed E-state index contributed by atoms with van der Waals surface area (Å²) in [5.74, 6) is -0.242. The number of carbonyl (C=O) groups is 1. The molecule has 6 heteroatoms. The van der Waals surface area contributed by atoms with Crippen LogP contribution in [-0.4, -0.2) is 29.3 Å². The van der Waals surface area contributed by atoms with Gasteiger partial charge in [0.25, 0.3) is 0 Å². The Morgan fingerprint density at radius 2 is 2.11 bits per heavy atom. The molecule has 0 amide bonds. The lowest BCUT2D eigenvalue weighted by molar-refractivity contribution is -0.164. The maximum atomic E-state index is 11.6. The zero-order valence-corrected chi connectivity index (χ0v) is 11.5. The maximum absolute atomic E-state index is 11.6. The van der Waals surface area contributed by atoms with E-state index in [1.807, 2.05) is 6.92 Å². The number of nitrogens with zero attached hydrogens (tertiary/aromatic N) is 1. The van der Waals surface area contributed by atoms with Crippen LogP contribution in [0, 0.1) is 0 Å². The van der Waals surface area contributed by atoms with Crippen LogP contribution in [0.5, 0.6) is 0 Å². The smallest absolute Gasteiger partial charge is 0.345 e. The first kappa shape index (κ1) is 14.7. The molecule has 0 spiro atoms. The monoisotopic (exact) mass is 271 g/mol. The molecule has 1 aromatic rings. The third-order valence-corrected chi connectivity index (χ3v) is 3.44. The highest BCUT2D eigenvalue weighted by molar-refractivity contribution is 7.12. The van der Waals surface area contributed by atoms with Crippen molar-refractivity contribution in [2.45, 2.75) is 26.4 Å². The first-order chi connectivity index (χ1) is 8.43. The molecule has 0 bridgehead atoms. The van der Waals surface area contributed by atoms with Gasteiger partial charge in [-0.05, 0) is 20.8 Å². The summed E-state index contributed by atoms with van der Waals surface area (Å²) < 4.78 is 10.0. The number of esters is 1. The number of thiazole rings is 1. The summed E-state index contributed by atoms with van der Waals surface area (Å²) in [4.78, 5) is 16.3. The molecule has 0 saturated carbocycles. The van der Waals surface area contributed by atoms with Crippen LogP contribution in [0.2, 0.25) is 0 Å². The third kappa shape index (κ3) is 3.08. The van der Waals surface area contributed by atoms with Crippen LogP contribution in [0.1, 0.15) is 30.7 Å². The second kappa shape index (κ2) is 5.97. The Kier molecular flexibility index (Phi) is 4.86. The summed E-state index contributed by atoms with van der Waals surface area (Å²) in [6.45, 7) is 9.34. The Morgan fingerprint density at radius 3 is 2.67 bits per heavy atom. The standard InChI is InChI=1S/C12H17NO4S/c1-5-16-8(3)9-7-13-10(18-9)12(4,15)11(14)17-6-2/h7,15H,3,5-6H2,1-2,4H3. The number of aliphatic hydroxyl groups is 1. The molecular weight excluding hydrogens is 254 g/mol. The molecule has 0 aliphatic heterocycles. The largest absolute Gasteiger partial charge is 0.493 e. The average molecular weight is 271 g/mol. The van der Waals surface area contributed by atoms with Crippen LogP contribution in [-0.2, 0) is 19.9 Å². The van der Waals surface area contributed by atoms with Crippen molar-refractivity contribution in [1.29, 1.82) is 0 Å². The van der Waals surface area contributed by atoms with E-state index in [-0.39, 0.29) is 11.6 Å². The Labute approximate surface area is 110 Å². The van der Waals surface area contributed by atoms with Crippen molar-refractivity contribution in [2.24, 2.45) is 0 Å². The Morgan fingerprint density at radius 1 is 1.50 bits per heavy atom. The van der Waals surface area contributed by atoms with Crippen LogP contribution in [0.15, 0.2) is 12.8 Å². The molecule has 18 heavy (non-hydrogen) atoms. The molecule has 0 aliphatic rings. The van der Waals surface area contributed by atoms with Crippen molar-refractivity contribution in [3.8, 4) is 0 Å². The Bertz CT molecular complexity index is 439. The van der Waals surface area contributed by atoms with E-state index in [4.69, 9.17) is 9.47 Å². The number of carbonyl (C=O) groups excluding carboxylic acids is 1. The predicted molar refractivity (Wildman–Crippen MR) is 69.0 cm³/mol. The van der Waals surface area contributed by atoms with E-state index >= 15 is 0 Å². The van der Waals surface area contributed by atoms with Crippen molar-refractivity contribution >= 4 is 23.1 Å². The fourth-order valence-electron chi connectivity index (χ4n) is 1.23. The maximum Gasteiger partial charge on any atom is 0.345 e.